The van der Waals surface area contributed by atoms with Gasteiger partial charge in [0.15, 0.2) is 0 Å². The van der Waals surface area contributed by atoms with E-state index in [0.717, 1.165) is 27.8 Å². The van der Waals surface area contributed by atoms with Crippen molar-refractivity contribution in [3.8, 4) is 6.07 Å². The van der Waals surface area contributed by atoms with E-state index in [1.165, 1.54) is 7.11 Å². The number of thiophene rings is 1. The molecule has 0 aliphatic heterocycles. The van der Waals surface area contributed by atoms with Gasteiger partial charge in [0, 0.05) is 29.7 Å². The molecule has 1 amide bonds. The maximum Gasteiger partial charge on any atom is 0.350 e. The molecule has 3 aromatic rings. The Morgan fingerprint density at radius 3 is 2.81 bits per heavy atom. The molecule has 7 heteroatoms. The molecule has 2 aromatic heterocycles. The molecule has 0 unspecified atom stereocenters. The van der Waals surface area contributed by atoms with Gasteiger partial charge in [-0.25, -0.2) is 4.79 Å². The fourth-order valence-corrected chi connectivity index (χ4v) is 3.41. The first-order valence-corrected chi connectivity index (χ1v) is 8.56. The Hall–Kier alpha value is -3.37. The highest BCUT2D eigenvalue weighted by Crippen LogP contribution is 2.25. The first-order valence-electron chi connectivity index (χ1n) is 7.68. The highest BCUT2D eigenvalue weighted by atomic mass is 32.1. The Morgan fingerprint density at radius 1 is 1.31 bits per heavy atom. The van der Waals surface area contributed by atoms with Gasteiger partial charge in [-0.2, -0.15) is 5.26 Å². The number of amides is 1. The summed E-state index contributed by atoms with van der Waals surface area (Å²) in [5, 5.41) is 14.6. The van der Waals surface area contributed by atoms with Crippen LogP contribution in [-0.4, -0.2) is 23.6 Å². The standard InChI is InChI=1S/C19H15N3O3S/c1-22-11-13(14-5-3-4-6-16(14)22)9-12(10-20)18(23)21-15-7-8-26-17(15)19(24)25-2/h3-9,11H,1-2H3,(H,21,23). The maximum absolute atomic E-state index is 12.5. The molecule has 1 aromatic carbocycles. The molecule has 0 bridgehead atoms. The zero-order valence-corrected chi connectivity index (χ0v) is 15.0. The molecule has 26 heavy (non-hydrogen) atoms. The van der Waals surface area contributed by atoms with Gasteiger partial charge in [0.05, 0.1) is 12.8 Å². The average Bonchev–Trinajstić information content (AvgIpc) is 3.24. The molecular weight excluding hydrogens is 350 g/mol. The van der Waals surface area contributed by atoms with E-state index in [1.54, 1.807) is 17.5 Å². The average molecular weight is 365 g/mol. The van der Waals surface area contributed by atoms with Crippen molar-refractivity contribution >= 4 is 45.9 Å². The Balaban J connectivity index is 1.93. The molecule has 0 aliphatic carbocycles. The largest absolute Gasteiger partial charge is 0.465 e. The van der Waals surface area contributed by atoms with Gasteiger partial charge in [-0.1, -0.05) is 18.2 Å². The van der Waals surface area contributed by atoms with Crippen LogP contribution in [0.4, 0.5) is 5.69 Å². The van der Waals surface area contributed by atoms with E-state index in [9.17, 15) is 14.9 Å². The predicted octanol–water partition coefficient (Wildman–Crippen LogP) is 3.57. The van der Waals surface area contributed by atoms with E-state index in [0.29, 0.717) is 5.69 Å². The number of nitriles is 1. The summed E-state index contributed by atoms with van der Waals surface area (Å²) in [4.78, 5) is 24.5. The lowest BCUT2D eigenvalue weighted by atomic mass is 10.1. The van der Waals surface area contributed by atoms with Crippen LogP contribution in [0.15, 0.2) is 47.5 Å². The number of esters is 1. The van der Waals surface area contributed by atoms with Crippen LogP contribution >= 0.6 is 11.3 Å². The van der Waals surface area contributed by atoms with Gasteiger partial charge in [0.2, 0.25) is 0 Å². The normalized spacial score (nSPS) is 11.2. The second-order valence-electron chi connectivity index (χ2n) is 5.49. The predicted molar refractivity (Wildman–Crippen MR) is 101 cm³/mol. The van der Waals surface area contributed by atoms with Crippen LogP contribution in [0.1, 0.15) is 15.2 Å². The van der Waals surface area contributed by atoms with Crippen molar-refractivity contribution in [1.82, 2.24) is 4.57 Å². The minimum atomic E-state index is -0.580. The third kappa shape index (κ3) is 3.23. The molecule has 0 fully saturated rings. The number of nitrogens with one attached hydrogen (secondary N) is 1. The molecule has 6 nitrogen and oxygen atoms in total. The minimum Gasteiger partial charge on any atom is -0.465 e. The molecule has 0 atom stereocenters. The lowest BCUT2D eigenvalue weighted by Gasteiger charge is -2.04. The van der Waals surface area contributed by atoms with Gasteiger partial charge < -0.3 is 14.6 Å². The molecular formula is C19H15N3O3S. The van der Waals surface area contributed by atoms with Gasteiger partial charge in [-0.05, 0) is 23.6 Å². The van der Waals surface area contributed by atoms with E-state index in [2.05, 4.69) is 10.1 Å². The van der Waals surface area contributed by atoms with Crippen molar-refractivity contribution in [2.24, 2.45) is 7.05 Å². The molecule has 2 heterocycles. The number of fused-ring (bicyclic) bond motifs is 1. The van der Waals surface area contributed by atoms with Gasteiger partial charge in [-0.15, -0.1) is 11.3 Å². The first kappa shape index (κ1) is 17.5. The lowest BCUT2D eigenvalue weighted by Crippen LogP contribution is -2.15. The number of rotatable bonds is 4. The zero-order valence-electron chi connectivity index (χ0n) is 14.1. The Bertz CT molecular complexity index is 1070. The number of aryl methyl sites for hydroxylation is 1. The summed E-state index contributed by atoms with van der Waals surface area (Å²) >= 11 is 1.16. The van der Waals surface area contributed by atoms with Crippen LogP contribution in [0.5, 0.6) is 0 Å². The van der Waals surface area contributed by atoms with Gasteiger partial charge in [0.25, 0.3) is 5.91 Å². The quantitative estimate of drug-likeness (QED) is 0.435. The highest BCUT2D eigenvalue weighted by Gasteiger charge is 2.18. The first-order chi connectivity index (χ1) is 12.5. The fourth-order valence-electron chi connectivity index (χ4n) is 2.64. The van der Waals surface area contributed by atoms with Crippen molar-refractivity contribution in [3.05, 3.63) is 57.9 Å². The summed E-state index contributed by atoms with van der Waals surface area (Å²) in [5.41, 5.74) is 2.05. The summed E-state index contributed by atoms with van der Waals surface area (Å²) in [6, 6.07) is 11.3. The molecule has 0 saturated heterocycles. The number of carbonyl (C=O) groups excluding carboxylic acids is 2. The van der Waals surface area contributed by atoms with E-state index >= 15 is 0 Å². The monoisotopic (exact) mass is 365 g/mol. The molecule has 0 aliphatic rings. The molecule has 1 N–H and O–H groups in total. The van der Waals surface area contributed by atoms with Crippen molar-refractivity contribution < 1.29 is 14.3 Å². The summed E-state index contributed by atoms with van der Waals surface area (Å²) in [6.07, 6.45) is 3.40. The highest BCUT2D eigenvalue weighted by molar-refractivity contribution is 7.12. The van der Waals surface area contributed by atoms with Gasteiger partial charge >= 0.3 is 5.97 Å². The molecule has 0 saturated carbocycles. The van der Waals surface area contributed by atoms with Crippen LogP contribution in [0.2, 0.25) is 0 Å². The number of hydrogen-bond acceptors (Lipinski definition) is 5. The van der Waals surface area contributed by atoms with Crippen molar-refractivity contribution in [3.63, 3.8) is 0 Å². The lowest BCUT2D eigenvalue weighted by molar-refractivity contribution is -0.112. The summed E-state index contributed by atoms with van der Waals surface area (Å²) in [7, 11) is 3.18. The number of anilines is 1. The number of para-hydroxylation sites is 1. The number of carbonyl (C=O) groups is 2. The van der Waals surface area contributed by atoms with E-state index in [4.69, 9.17) is 0 Å². The summed E-state index contributed by atoms with van der Waals surface area (Å²) < 4.78 is 6.62. The summed E-state index contributed by atoms with van der Waals surface area (Å²) in [5.74, 6) is -1.11. The Labute approximate surface area is 153 Å². The van der Waals surface area contributed by atoms with Crippen molar-refractivity contribution in [1.29, 1.82) is 5.26 Å². The van der Waals surface area contributed by atoms with Gasteiger partial charge in [0.1, 0.15) is 16.5 Å². The van der Waals surface area contributed by atoms with E-state index in [1.807, 2.05) is 48.1 Å². The second kappa shape index (κ2) is 7.25. The number of hydrogen-bond donors (Lipinski definition) is 1. The van der Waals surface area contributed by atoms with Crippen LogP contribution in [0.3, 0.4) is 0 Å². The number of benzene rings is 1. The Kier molecular flexibility index (Phi) is 4.87. The topological polar surface area (TPSA) is 84.1 Å². The number of methoxy groups -OCH3 is 1. The Morgan fingerprint density at radius 2 is 2.08 bits per heavy atom. The van der Waals surface area contributed by atoms with Crippen LogP contribution in [0.25, 0.3) is 17.0 Å². The molecule has 0 radical (unpaired) electrons. The second-order valence-corrected chi connectivity index (χ2v) is 6.41. The molecule has 130 valence electrons. The van der Waals surface area contributed by atoms with Crippen LogP contribution in [-0.2, 0) is 16.6 Å². The van der Waals surface area contributed by atoms with E-state index < -0.39 is 11.9 Å². The fraction of sp³-hybridized carbons (Fsp3) is 0.105. The molecule has 3 rings (SSSR count). The number of aromatic nitrogens is 1. The number of nitrogens with zero attached hydrogens (tertiary/aromatic N) is 2. The van der Waals surface area contributed by atoms with E-state index in [-0.39, 0.29) is 10.5 Å². The minimum absolute atomic E-state index is 0.0524. The third-order valence-electron chi connectivity index (χ3n) is 3.88. The summed E-state index contributed by atoms with van der Waals surface area (Å²) in [6.45, 7) is 0. The van der Waals surface area contributed by atoms with Crippen molar-refractivity contribution in [2.45, 2.75) is 0 Å². The smallest absolute Gasteiger partial charge is 0.350 e. The SMILES string of the molecule is COC(=O)c1sccc1NC(=O)C(C#N)=Cc1cn(C)c2ccccc12. The van der Waals surface area contributed by atoms with Crippen molar-refractivity contribution in [2.75, 3.05) is 12.4 Å². The third-order valence-corrected chi connectivity index (χ3v) is 4.77. The van der Waals surface area contributed by atoms with Crippen LogP contribution < -0.4 is 5.32 Å². The number of ether oxygens (including phenoxy) is 1. The molecule has 0 spiro atoms. The zero-order chi connectivity index (χ0) is 18.7. The maximum atomic E-state index is 12.5. The van der Waals surface area contributed by atoms with Crippen LogP contribution in [0, 0.1) is 11.3 Å². The van der Waals surface area contributed by atoms with Gasteiger partial charge in [-0.3, -0.25) is 4.79 Å².